The molecule has 0 amide bonds. The molecule has 0 atom stereocenters. The van der Waals surface area contributed by atoms with Crippen LogP contribution in [0.25, 0.3) is 11.1 Å². The quantitative estimate of drug-likeness (QED) is 0.895. The van der Waals surface area contributed by atoms with Crippen LogP contribution in [0.15, 0.2) is 60.7 Å². The maximum atomic E-state index is 9.20. The van der Waals surface area contributed by atoms with Crippen LogP contribution in [0, 0.1) is 17.5 Å². The van der Waals surface area contributed by atoms with E-state index < -0.39 is 0 Å². The summed E-state index contributed by atoms with van der Waals surface area (Å²) < 4.78 is 0. The van der Waals surface area contributed by atoms with Gasteiger partial charge in [0, 0.05) is 17.7 Å². The smallest absolute Gasteiger partial charge is 0.0998 e. The molecule has 0 fully saturated rings. The van der Waals surface area contributed by atoms with Crippen LogP contribution < -0.4 is 5.32 Å². The number of nitrogens with zero attached hydrogens (tertiary/aromatic N) is 1. The first kappa shape index (κ1) is 12.3. The Balaban J connectivity index is 2.02. The number of rotatable bonds is 2. The van der Waals surface area contributed by atoms with Gasteiger partial charge in [0.1, 0.15) is 0 Å². The van der Waals surface area contributed by atoms with E-state index >= 15 is 0 Å². The summed E-state index contributed by atoms with van der Waals surface area (Å²) in [6, 6.07) is 20.1. The second-order valence-corrected chi connectivity index (χ2v) is 4.59. The van der Waals surface area contributed by atoms with E-state index in [9.17, 15) is 5.26 Å². The number of allylic oxidation sites excluding steroid dienone is 2. The van der Waals surface area contributed by atoms with E-state index in [0.29, 0.717) is 5.56 Å². The lowest BCUT2D eigenvalue weighted by molar-refractivity contribution is 0.960. The van der Waals surface area contributed by atoms with Crippen molar-refractivity contribution in [3.8, 4) is 6.07 Å². The fraction of sp³-hybridized carbons (Fsp3) is 0.0556. The number of benzene rings is 2. The Morgan fingerprint density at radius 1 is 1.00 bits per heavy atom. The zero-order valence-electron chi connectivity index (χ0n) is 10.9. The summed E-state index contributed by atoms with van der Waals surface area (Å²) in [4.78, 5) is 0. The first-order valence-electron chi connectivity index (χ1n) is 6.50. The Hall–Kier alpha value is -2.79. The van der Waals surface area contributed by atoms with Crippen molar-refractivity contribution in [3.63, 3.8) is 0 Å². The van der Waals surface area contributed by atoms with Crippen molar-refractivity contribution in [1.82, 2.24) is 5.32 Å². The molecule has 1 N–H and O–H groups in total. The second kappa shape index (κ2) is 5.46. The van der Waals surface area contributed by atoms with E-state index in [4.69, 9.17) is 0 Å². The zero-order chi connectivity index (χ0) is 13.8. The normalized spacial score (nSPS) is 13.8. The highest BCUT2D eigenvalue weighted by Crippen LogP contribution is 2.26. The minimum atomic E-state index is 0.669. The number of dihydropyridines is 1. The highest BCUT2D eigenvalue weighted by atomic mass is 14.8. The molecule has 2 heteroatoms. The van der Waals surface area contributed by atoms with Gasteiger partial charge in [-0.1, -0.05) is 48.5 Å². The Bertz CT molecular complexity index is 719. The minimum Gasteiger partial charge on any atom is -0.379 e. The predicted molar refractivity (Wildman–Crippen MR) is 80.2 cm³/mol. The van der Waals surface area contributed by atoms with Crippen LogP contribution in [0.5, 0.6) is 0 Å². The molecule has 2 aromatic rings. The average molecular weight is 257 g/mol. The topological polar surface area (TPSA) is 35.8 Å². The molecule has 20 heavy (non-hydrogen) atoms. The van der Waals surface area contributed by atoms with Crippen molar-refractivity contribution in [2.45, 2.75) is 0 Å². The van der Waals surface area contributed by atoms with Gasteiger partial charge in [-0.3, -0.25) is 0 Å². The van der Waals surface area contributed by atoms with Crippen LogP contribution >= 0.6 is 0 Å². The molecule has 3 rings (SSSR count). The molecule has 0 unspecified atom stereocenters. The fourth-order valence-electron chi connectivity index (χ4n) is 2.29. The first-order valence-corrected chi connectivity index (χ1v) is 6.50. The third-order valence-electron chi connectivity index (χ3n) is 3.30. The number of nitriles is 1. The van der Waals surface area contributed by atoms with Gasteiger partial charge in [0.05, 0.1) is 17.8 Å². The van der Waals surface area contributed by atoms with Crippen molar-refractivity contribution in [3.05, 3.63) is 83.6 Å². The fourth-order valence-corrected chi connectivity index (χ4v) is 2.29. The zero-order valence-corrected chi connectivity index (χ0v) is 10.9. The molecule has 2 aromatic carbocycles. The van der Waals surface area contributed by atoms with Crippen LogP contribution in [0.1, 0.15) is 16.7 Å². The van der Waals surface area contributed by atoms with E-state index in [-0.39, 0.29) is 0 Å². The first-order chi connectivity index (χ1) is 9.88. The summed E-state index contributed by atoms with van der Waals surface area (Å²) in [5.41, 5.74) is 4.89. The predicted octanol–water partition coefficient (Wildman–Crippen LogP) is 3.39. The van der Waals surface area contributed by atoms with Gasteiger partial charge in [-0.2, -0.15) is 5.26 Å². The lowest BCUT2D eigenvalue weighted by atomic mass is 9.95. The van der Waals surface area contributed by atoms with E-state index in [2.05, 4.69) is 35.8 Å². The summed E-state index contributed by atoms with van der Waals surface area (Å²) in [6.07, 6.45) is 5.25. The minimum absolute atomic E-state index is 0.669. The highest BCUT2D eigenvalue weighted by molar-refractivity contribution is 5.86. The van der Waals surface area contributed by atoms with Crippen molar-refractivity contribution < 1.29 is 0 Å². The number of hydrogen-bond acceptors (Lipinski definition) is 2. The molecule has 0 aromatic heterocycles. The van der Waals surface area contributed by atoms with Gasteiger partial charge in [0.15, 0.2) is 0 Å². The van der Waals surface area contributed by atoms with Crippen molar-refractivity contribution in [2.24, 2.45) is 0 Å². The third kappa shape index (κ3) is 2.34. The second-order valence-electron chi connectivity index (χ2n) is 4.59. The van der Waals surface area contributed by atoms with E-state index in [1.807, 2.05) is 42.5 Å². The number of hydrogen-bond donors (Lipinski definition) is 1. The Kier molecular flexibility index (Phi) is 3.34. The molecule has 1 aliphatic heterocycles. The molecule has 0 aliphatic carbocycles. The molecular weight excluding hydrogens is 244 g/mol. The molecule has 0 spiro atoms. The molecule has 0 saturated carbocycles. The van der Waals surface area contributed by atoms with Gasteiger partial charge >= 0.3 is 0 Å². The van der Waals surface area contributed by atoms with E-state index in [1.54, 1.807) is 0 Å². The van der Waals surface area contributed by atoms with Gasteiger partial charge < -0.3 is 5.32 Å². The van der Waals surface area contributed by atoms with Crippen LogP contribution in [0.4, 0.5) is 0 Å². The molecule has 1 heterocycles. The standard InChI is InChI=1S/C18H13N2/c19-11-15-8-4-5-9-18(15)17-10-16(12-20-13-17)14-6-2-1-3-7-14/h1-10,20H,12H2. The van der Waals surface area contributed by atoms with Crippen molar-refractivity contribution in [2.75, 3.05) is 6.54 Å². The monoisotopic (exact) mass is 257 g/mol. The van der Waals surface area contributed by atoms with Gasteiger partial charge in [-0.05, 0) is 23.3 Å². The summed E-state index contributed by atoms with van der Waals surface area (Å²) in [5, 5.41) is 12.4. The van der Waals surface area contributed by atoms with Crippen LogP contribution in [-0.2, 0) is 0 Å². The molecule has 0 saturated heterocycles. The van der Waals surface area contributed by atoms with Crippen LogP contribution in [-0.4, -0.2) is 6.54 Å². The molecular formula is C18H13N2. The summed E-state index contributed by atoms with van der Waals surface area (Å²) in [6.45, 7) is 0.752. The highest BCUT2D eigenvalue weighted by Gasteiger charge is 2.11. The summed E-state index contributed by atoms with van der Waals surface area (Å²) in [5.74, 6) is 0. The van der Waals surface area contributed by atoms with Gasteiger partial charge in [0.25, 0.3) is 0 Å². The van der Waals surface area contributed by atoms with Gasteiger partial charge in [-0.25, -0.2) is 0 Å². The van der Waals surface area contributed by atoms with Crippen LogP contribution in [0.2, 0.25) is 0 Å². The molecule has 2 nitrogen and oxygen atoms in total. The Morgan fingerprint density at radius 3 is 2.55 bits per heavy atom. The molecule has 1 aliphatic rings. The molecule has 1 radical (unpaired) electrons. The van der Waals surface area contributed by atoms with Gasteiger partial charge in [0.2, 0.25) is 0 Å². The third-order valence-corrected chi connectivity index (χ3v) is 3.30. The average Bonchev–Trinajstić information content (AvgIpc) is 2.56. The molecule has 0 bridgehead atoms. The van der Waals surface area contributed by atoms with Crippen LogP contribution in [0.3, 0.4) is 0 Å². The van der Waals surface area contributed by atoms with Crippen molar-refractivity contribution >= 4 is 11.1 Å². The van der Waals surface area contributed by atoms with Crippen molar-refractivity contribution in [1.29, 1.82) is 5.26 Å². The van der Waals surface area contributed by atoms with Gasteiger partial charge in [-0.15, -0.1) is 0 Å². The Labute approximate surface area is 118 Å². The lowest BCUT2D eigenvalue weighted by Gasteiger charge is -2.16. The summed E-state index contributed by atoms with van der Waals surface area (Å²) >= 11 is 0. The summed E-state index contributed by atoms with van der Waals surface area (Å²) in [7, 11) is 0. The van der Waals surface area contributed by atoms with E-state index in [1.165, 1.54) is 11.1 Å². The number of nitrogens with one attached hydrogen (secondary N) is 1. The maximum absolute atomic E-state index is 9.20. The van der Waals surface area contributed by atoms with E-state index in [0.717, 1.165) is 17.7 Å². The maximum Gasteiger partial charge on any atom is 0.0998 e. The SMILES string of the molecule is N#Cc1ccccc1C1=[C]NCC(c2ccccc2)=C1. The largest absolute Gasteiger partial charge is 0.379 e. The Morgan fingerprint density at radius 2 is 1.75 bits per heavy atom. The lowest BCUT2D eigenvalue weighted by Crippen LogP contribution is -2.15. The molecule has 95 valence electrons.